The Morgan fingerprint density at radius 1 is 0.754 bits per heavy atom. The van der Waals surface area contributed by atoms with E-state index in [0.717, 1.165) is 62.7 Å². The highest BCUT2D eigenvalue weighted by Gasteiger charge is 2.29. The van der Waals surface area contributed by atoms with Gasteiger partial charge in [0.1, 0.15) is 17.7 Å². The van der Waals surface area contributed by atoms with E-state index in [4.69, 9.17) is 4.74 Å². The zero-order chi connectivity index (χ0) is 40.5. The lowest BCUT2D eigenvalue weighted by Crippen LogP contribution is -2.43. The third kappa shape index (κ3) is 10.3. The molecule has 0 bridgehead atoms. The van der Waals surface area contributed by atoms with Gasteiger partial charge in [-0.2, -0.15) is 0 Å². The van der Waals surface area contributed by atoms with Gasteiger partial charge in [0.15, 0.2) is 0 Å². The zero-order valence-electron chi connectivity index (χ0n) is 32.5. The molecule has 0 saturated carbocycles. The van der Waals surface area contributed by atoms with Crippen molar-refractivity contribution in [3.05, 3.63) is 121 Å². The van der Waals surface area contributed by atoms with Crippen molar-refractivity contribution in [3.8, 4) is 33.6 Å². The van der Waals surface area contributed by atoms with E-state index in [9.17, 15) is 23.2 Å². The Balaban J connectivity index is 1.13. The van der Waals surface area contributed by atoms with Crippen LogP contribution in [0.2, 0.25) is 0 Å². The van der Waals surface area contributed by atoms with Crippen molar-refractivity contribution < 1.29 is 27.9 Å². The van der Waals surface area contributed by atoms with Crippen LogP contribution in [-0.2, 0) is 27.4 Å². The molecule has 0 radical (unpaired) electrons. The second-order valence-corrected chi connectivity index (χ2v) is 14.2. The number of imidazole rings is 2. The molecule has 4 aromatic carbocycles. The standard InChI is InChI=1S/C44H47F2N7O4/c1-5-10-40(54)53(28-44(3,45)46)27-39-47-24-36(49-39)30-15-13-29(14-16-30)32-17-18-34-23-35(20-19-33(34)22-32)37-25-48-38(50-37)26-52(21-6-2)42(55)41(51-43(56)57-4)31-11-8-7-9-12-31/h7-9,11-20,22-25,41H,5-6,10,21,26-28H2,1-4H3,(H,47,49)(H,48,50)(H,51,56)/t41-/m1/s1. The van der Waals surface area contributed by atoms with Crippen molar-refractivity contribution in [1.29, 1.82) is 0 Å². The van der Waals surface area contributed by atoms with Gasteiger partial charge in [-0.1, -0.05) is 92.7 Å². The first-order chi connectivity index (χ1) is 27.4. The molecule has 0 aliphatic heterocycles. The fraction of sp³-hybridized carbons (Fsp3) is 0.295. The average Bonchev–Trinajstić information content (AvgIpc) is 3.89. The van der Waals surface area contributed by atoms with Crippen LogP contribution >= 0.6 is 0 Å². The van der Waals surface area contributed by atoms with Crippen LogP contribution in [0.4, 0.5) is 13.6 Å². The molecule has 0 aliphatic rings. The molecule has 2 aromatic heterocycles. The topological polar surface area (TPSA) is 136 Å². The molecule has 2 heterocycles. The van der Waals surface area contributed by atoms with E-state index in [1.54, 1.807) is 29.4 Å². The van der Waals surface area contributed by atoms with Crippen LogP contribution in [0.1, 0.15) is 63.3 Å². The molecule has 13 heteroatoms. The minimum absolute atomic E-state index is 0.0213. The highest BCUT2D eigenvalue weighted by molar-refractivity contribution is 5.91. The number of halogens is 2. The third-order valence-electron chi connectivity index (χ3n) is 9.54. The third-order valence-corrected chi connectivity index (χ3v) is 9.54. The SMILES string of the molecule is CCCC(=O)N(Cc1ncc(-c2ccc(-c3ccc4cc(-c5cnc(CN(CCC)C(=O)[C@H](NC(=O)OC)c6ccccc6)[nH]5)ccc4c3)cc2)[nH]1)CC(C)(F)F. The number of carbonyl (C=O) groups excluding carboxylic acids is 3. The minimum atomic E-state index is -3.01. The van der Waals surface area contributed by atoms with E-state index in [1.807, 2.05) is 62.4 Å². The smallest absolute Gasteiger partial charge is 0.407 e. The Morgan fingerprint density at radius 3 is 1.91 bits per heavy atom. The van der Waals surface area contributed by atoms with Crippen LogP contribution in [0.25, 0.3) is 44.4 Å². The number of amides is 3. The van der Waals surface area contributed by atoms with E-state index in [2.05, 4.69) is 55.6 Å². The largest absolute Gasteiger partial charge is 0.453 e. The lowest BCUT2D eigenvalue weighted by molar-refractivity contribution is -0.137. The van der Waals surface area contributed by atoms with Gasteiger partial charge in [-0.15, -0.1) is 0 Å². The van der Waals surface area contributed by atoms with E-state index in [0.29, 0.717) is 30.2 Å². The first-order valence-electron chi connectivity index (χ1n) is 19.0. The van der Waals surface area contributed by atoms with Crippen molar-refractivity contribution >= 4 is 28.7 Å². The molecule has 6 aromatic rings. The normalized spacial score (nSPS) is 12.0. The zero-order valence-corrected chi connectivity index (χ0v) is 32.5. The number of carbonyl (C=O) groups is 3. The molecule has 3 amide bonds. The molecular formula is C44H47F2N7O4. The van der Waals surface area contributed by atoms with Crippen LogP contribution < -0.4 is 5.32 Å². The van der Waals surface area contributed by atoms with Gasteiger partial charge in [-0.05, 0) is 58.0 Å². The summed E-state index contributed by atoms with van der Waals surface area (Å²) in [6.45, 7) is 4.66. The number of alkyl carbamates (subject to hydrolysis) is 1. The van der Waals surface area contributed by atoms with Crippen molar-refractivity contribution in [2.75, 3.05) is 20.2 Å². The number of ether oxygens (including phenoxy) is 1. The van der Waals surface area contributed by atoms with Gasteiger partial charge < -0.3 is 29.8 Å². The number of rotatable bonds is 16. The van der Waals surface area contributed by atoms with Crippen molar-refractivity contribution in [2.24, 2.45) is 0 Å². The molecule has 0 fully saturated rings. The van der Waals surface area contributed by atoms with Gasteiger partial charge >= 0.3 is 6.09 Å². The number of benzene rings is 4. The average molecular weight is 776 g/mol. The predicted molar refractivity (Wildman–Crippen MR) is 216 cm³/mol. The Hall–Kier alpha value is -6.37. The number of methoxy groups -OCH3 is 1. The maximum Gasteiger partial charge on any atom is 0.407 e. The number of nitrogens with one attached hydrogen (secondary N) is 3. The number of hydrogen-bond donors (Lipinski definition) is 3. The molecule has 0 aliphatic carbocycles. The quantitative estimate of drug-likeness (QED) is 0.0899. The van der Waals surface area contributed by atoms with Crippen molar-refractivity contribution in [3.63, 3.8) is 0 Å². The molecule has 0 saturated heterocycles. The molecule has 11 nitrogen and oxygen atoms in total. The fourth-order valence-electron chi connectivity index (χ4n) is 6.74. The molecule has 3 N–H and O–H groups in total. The Labute approximate surface area is 330 Å². The van der Waals surface area contributed by atoms with Crippen LogP contribution in [0.5, 0.6) is 0 Å². The van der Waals surface area contributed by atoms with E-state index in [1.165, 1.54) is 7.11 Å². The predicted octanol–water partition coefficient (Wildman–Crippen LogP) is 8.91. The van der Waals surface area contributed by atoms with Gasteiger partial charge in [0, 0.05) is 25.5 Å². The summed E-state index contributed by atoms with van der Waals surface area (Å²) in [7, 11) is 1.27. The first kappa shape index (κ1) is 40.3. The monoisotopic (exact) mass is 775 g/mol. The summed E-state index contributed by atoms with van der Waals surface area (Å²) in [5.41, 5.74) is 6.08. The van der Waals surface area contributed by atoms with Crippen molar-refractivity contribution in [1.82, 2.24) is 35.1 Å². The first-order valence-corrected chi connectivity index (χ1v) is 19.0. The fourth-order valence-corrected chi connectivity index (χ4v) is 6.74. The second kappa shape index (κ2) is 18.1. The maximum absolute atomic E-state index is 13.8. The lowest BCUT2D eigenvalue weighted by Gasteiger charge is -2.27. The lowest BCUT2D eigenvalue weighted by atomic mass is 9.98. The molecule has 296 valence electrons. The summed E-state index contributed by atoms with van der Waals surface area (Å²) < 4.78 is 32.4. The van der Waals surface area contributed by atoms with Crippen LogP contribution in [0, 0.1) is 0 Å². The summed E-state index contributed by atoms with van der Waals surface area (Å²) >= 11 is 0. The number of hydrogen-bond acceptors (Lipinski definition) is 6. The van der Waals surface area contributed by atoms with Gasteiger partial charge in [0.25, 0.3) is 5.92 Å². The van der Waals surface area contributed by atoms with Gasteiger partial charge in [-0.25, -0.2) is 23.5 Å². The van der Waals surface area contributed by atoms with Crippen molar-refractivity contribution in [2.45, 2.75) is 65.1 Å². The van der Waals surface area contributed by atoms with E-state index in [-0.39, 0.29) is 31.3 Å². The molecular weight excluding hydrogens is 729 g/mol. The van der Waals surface area contributed by atoms with Crippen LogP contribution in [-0.4, -0.2) is 73.8 Å². The van der Waals surface area contributed by atoms with Crippen LogP contribution in [0.3, 0.4) is 0 Å². The maximum atomic E-state index is 13.8. The Morgan fingerprint density at radius 2 is 1.32 bits per heavy atom. The number of aromatic amines is 2. The molecule has 0 spiro atoms. The highest BCUT2D eigenvalue weighted by Crippen LogP contribution is 2.30. The van der Waals surface area contributed by atoms with E-state index >= 15 is 0 Å². The molecule has 6 rings (SSSR count). The summed E-state index contributed by atoms with van der Waals surface area (Å²) in [6.07, 6.45) is 4.22. The summed E-state index contributed by atoms with van der Waals surface area (Å²) in [5.74, 6) is -2.54. The van der Waals surface area contributed by atoms with Gasteiger partial charge in [-0.3, -0.25) is 9.59 Å². The summed E-state index contributed by atoms with van der Waals surface area (Å²) in [4.78, 5) is 56.9. The van der Waals surface area contributed by atoms with Gasteiger partial charge in [0.2, 0.25) is 11.8 Å². The number of nitrogens with zero attached hydrogens (tertiary/aromatic N) is 4. The molecule has 0 unspecified atom stereocenters. The Kier molecular flexibility index (Phi) is 12.8. The Bertz CT molecular complexity index is 2300. The van der Waals surface area contributed by atoms with Gasteiger partial charge in [0.05, 0.1) is 50.5 Å². The second-order valence-electron chi connectivity index (χ2n) is 14.2. The van der Waals surface area contributed by atoms with E-state index < -0.39 is 24.6 Å². The molecule has 1 atom stereocenters. The highest BCUT2D eigenvalue weighted by atomic mass is 19.3. The summed E-state index contributed by atoms with van der Waals surface area (Å²) in [6, 6.07) is 28.6. The minimum Gasteiger partial charge on any atom is -0.453 e. The molecule has 57 heavy (non-hydrogen) atoms. The number of alkyl halides is 2. The number of H-pyrrole nitrogens is 2. The van der Waals surface area contributed by atoms with Crippen LogP contribution in [0.15, 0.2) is 103 Å². The number of fused-ring (bicyclic) bond motifs is 1. The summed E-state index contributed by atoms with van der Waals surface area (Å²) in [5, 5.41) is 4.78. The number of aromatic nitrogens is 4.